The van der Waals surface area contributed by atoms with Crippen LogP contribution in [0.25, 0.3) is 0 Å². The Morgan fingerprint density at radius 2 is 1.67 bits per heavy atom. The minimum Gasteiger partial charge on any atom is -0.324 e. The van der Waals surface area contributed by atoms with Crippen molar-refractivity contribution in [1.29, 1.82) is 0 Å². The quantitative estimate of drug-likeness (QED) is 0.675. The number of nitrogens with zero attached hydrogens (tertiary/aromatic N) is 2. The number of aryl methyl sites for hydroxylation is 4. The first-order valence-corrected chi connectivity index (χ1v) is 9.06. The Kier molecular flexibility index (Phi) is 5.50. The SMILES string of the molecule is CCc1ccccc1Nc1nc(C)cc(C(=O)Nc2c(C)cccc2C)n1. The summed E-state index contributed by atoms with van der Waals surface area (Å²) >= 11 is 0. The summed E-state index contributed by atoms with van der Waals surface area (Å²) in [5.41, 5.74) is 6.05. The number of aromatic nitrogens is 2. The van der Waals surface area contributed by atoms with Gasteiger partial charge in [0.1, 0.15) is 5.69 Å². The molecule has 0 unspecified atom stereocenters. The summed E-state index contributed by atoms with van der Waals surface area (Å²) in [4.78, 5) is 21.6. The molecule has 0 saturated carbocycles. The van der Waals surface area contributed by atoms with Gasteiger partial charge in [-0.2, -0.15) is 0 Å². The van der Waals surface area contributed by atoms with Crippen LogP contribution in [0.15, 0.2) is 48.5 Å². The number of amides is 1. The Hall–Kier alpha value is -3.21. The fourth-order valence-corrected chi connectivity index (χ4v) is 3.00. The van der Waals surface area contributed by atoms with Crippen LogP contribution in [0.1, 0.15) is 39.8 Å². The maximum absolute atomic E-state index is 12.8. The fourth-order valence-electron chi connectivity index (χ4n) is 3.00. The molecule has 0 bridgehead atoms. The van der Waals surface area contributed by atoms with Gasteiger partial charge in [0.05, 0.1) is 0 Å². The van der Waals surface area contributed by atoms with E-state index in [0.29, 0.717) is 11.6 Å². The van der Waals surface area contributed by atoms with Gasteiger partial charge in [0.2, 0.25) is 5.95 Å². The Morgan fingerprint density at radius 1 is 0.963 bits per heavy atom. The van der Waals surface area contributed by atoms with Gasteiger partial charge in [-0.1, -0.05) is 43.3 Å². The minimum absolute atomic E-state index is 0.246. The predicted octanol–water partition coefficient (Wildman–Crippen LogP) is 4.96. The number of benzene rings is 2. The number of hydrogen-bond acceptors (Lipinski definition) is 4. The molecule has 27 heavy (non-hydrogen) atoms. The molecule has 0 radical (unpaired) electrons. The Balaban J connectivity index is 1.88. The molecule has 0 aliphatic rings. The molecule has 0 spiro atoms. The van der Waals surface area contributed by atoms with Crippen LogP contribution < -0.4 is 10.6 Å². The van der Waals surface area contributed by atoms with Crippen molar-refractivity contribution in [3.05, 3.63) is 76.6 Å². The first kappa shape index (κ1) is 18.6. The van der Waals surface area contributed by atoms with Crippen molar-refractivity contribution in [3.8, 4) is 0 Å². The minimum atomic E-state index is -0.246. The van der Waals surface area contributed by atoms with Gasteiger partial charge in [0.15, 0.2) is 0 Å². The van der Waals surface area contributed by atoms with Crippen LogP contribution in [0, 0.1) is 20.8 Å². The highest BCUT2D eigenvalue weighted by Crippen LogP contribution is 2.22. The van der Waals surface area contributed by atoms with Crippen LogP contribution in [0.5, 0.6) is 0 Å². The zero-order valence-electron chi connectivity index (χ0n) is 16.1. The standard InChI is InChI=1S/C22H24N4O/c1-5-17-11-6-7-12-18(17)24-22-23-16(4)13-19(25-22)21(27)26-20-14(2)9-8-10-15(20)3/h6-13H,5H2,1-4H3,(H,26,27)(H,23,24,25). The zero-order chi connectivity index (χ0) is 19.4. The number of carbonyl (C=O) groups is 1. The Bertz CT molecular complexity index is 962. The van der Waals surface area contributed by atoms with Gasteiger partial charge in [0, 0.05) is 17.1 Å². The molecule has 0 aliphatic heterocycles. The normalized spacial score (nSPS) is 10.5. The highest BCUT2D eigenvalue weighted by molar-refractivity contribution is 6.04. The van der Waals surface area contributed by atoms with Gasteiger partial charge in [-0.25, -0.2) is 9.97 Å². The largest absolute Gasteiger partial charge is 0.324 e. The van der Waals surface area contributed by atoms with E-state index < -0.39 is 0 Å². The van der Waals surface area contributed by atoms with Crippen molar-refractivity contribution < 1.29 is 4.79 Å². The number of anilines is 3. The van der Waals surface area contributed by atoms with E-state index in [4.69, 9.17) is 0 Å². The van der Waals surface area contributed by atoms with Crippen molar-refractivity contribution in [3.63, 3.8) is 0 Å². The molecule has 138 valence electrons. The Morgan fingerprint density at radius 3 is 2.37 bits per heavy atom. The van der Waals surface area contributed by atoms with Gasteiger partial charge >= 0.3 is 0 Å². The number of rotatable bonds is 5. The average molecular weight is 360 g/mol. The second-order valence-corrected chi connectivity index (χ2v) is 6.57. The molecule has 0 aliphatic carbocycles. The highest BCUT2D eigenvalue weighted by atomic mass is 16.1. The zero-order valence-corrected chi connectivity index (χ0v) is 16.1. The highest BCUT2D eigenvalue weighted by Gasteiger charge is 2.14. The van der Waals surface area contributed by atoms with Crippen LogP contribution in [0.2, 0.25) is 0 Å². The molecule has 3 aromatic rings. The molecule has 5 heteroatoms. The van der Waals surface area contributed by atoms with Crippen molar-refractivity contribution in [2.75, 3.05) is 10.6 Å². The Labute approximate surface area is 159 Å². The van der Waals surface area contributed by atoms with Crippen LogP contribution in [-0.4, -0.2) is 15.9 Å². The van der Waals surface area contributed by atoms with Gasteiger partial charge in [0.25, 0.3) is 5.91 Å². The molecule has 0 saturated heterocycles. The number of nitrogens with one attached hydrogen (secondary N) is 2. The summed E-state index contributed by atoms with van der Waals surface area (Å²) in [7, 11) is 0. The average Bonchev–Trinajstić information content (AvgIpc) is 2.64. The van der Waals surface area contributed by atoms with Crippen LogP contribution in [0.3, 0.4) is 0 Å². The third-order valence-electron chi connectivity index (χ3n) is 4.45. The van der Waals surface area contributed by atoms with E-state index in [0.717, 1.165) is 34.6 Å². The predicted molar refractivity (Wildman–Crippen MR) is 110 cm³/mol. The molecule has 0 atom stereocenters. The third-order valence-corrected chi connectivity index (χ3v) is 4.45. The molecule has 1 heterocycles. The monoisotopic (exact) mass is 360 g/mol. The van der Waals surface area contributed by atoms with Gasteiger partial charge in [-0.15, -0.1) is 0 Å². The van der Waals surface area contributed by atoms with Crippen molar-refractivity contribution in [1.82, 2.24) is 9.97 Å². The molecule has 5 nitrogen and oxygen atoms in total. The van der Waals surface area contributed by atoms with Crippen molar-refractivity contribution in [2.45, 2.75) is 34.1 Å². The molecule has 3 rings (SSSR count). The van der Waals surface area contributed by atoms with E-state index in [9.17, 15) is 4.79 Å². The van der Waals surface area contributed by atoms with Crippen LogP contribution in [-0.2, 0) is 6.42 Å². The number of para-hydroxylation sites is 2. The second-order valence-electron chi connectivity index (χ2n) is 6.57. The maximum atomic E-state index is 12.8. The summed E-state index contributed by atoms with van der Waals surface area (Å²) in [6, 6.07) is 15.6. The molecular formula is C22H24N4O. The lowest BCUT2D eigenvalue weighted by atomic mass is 10.1. The van der Waals surface area contributed by atoms with Gasteiger partial charge in [-0.3, -0.25) is 4.79 Å². The van der Waals surface area contributed by atoms with E-state index in [-0.39, 0.29) is 5.91 Å². The second kappa shape index (κ2) is 7.99. The van der Waals surface area contributed by atoms with E-state index in [1.807, 2.05) is 57.2 Å². The lowest BCUT2D eigenvalue weighted by molar-refractivity contribution is 0.102. The van der Waals surface area contributed by atoms with Crippen LogP contribution >= 0.6 is 0 Å². The topological polar surface area (TPSA) is 66.9 Å². The lowest BCUT2D eigenvalue weighted by Crippen LogP contribution is -2.17. The summed E-state index contributed by atoms with van der Waals surface area (Å²) in [6.07, 6.45) is 0.898. The molecule has 2 aromatic carbocycles. The van der Waals surface area contributed by atoms with E-state index in [2.05, 4.69) is 33.6 Å². The van der Waals surface area contributed by atoms with E-state index in [1.165, 1.54) is 5.56 Å². The van der Waals surface area contributed by atoms with E-state index in [1.54, 1.807) is 6.07 Å². The first-order valence-electron chi connectivity index (χ1n) is 9.06. The maximum Gasteiger partial charge on any atom is 0.274 e. The number of carbonyl (C=O) groups excluding carboxylic acids is 1. The molecule has 1 amide bonds. The first-order chi connectivity index (χ1) is 13.0. The summed E-state index contributed by atoms with van der Waals surface area (Å²) in [5.74, 6) is 0.173. The van der Waals surface area contributed by atoms with Gasteiger partial charge < -0.3 is 10.6 Å². The summed E-state index contributed by atoms with van der Waals surface area (Å²) in [6.45, 7) is 7.90. The number of hydrogen-bond donors (Lipinski definition) is 2. The molecule has 0 fully saturated rings. The van der Waals surface area contributed by atoms with Gasteiger partial charge in [-0.05, 0) is 56.0 Å². The molecule has 1 aromatic heterocycles. The van der Waals surface area contributed by atoms with E-state index >= 15 is 0 Å². The van der Waals surface area contributed by atoms with Crippen molar-refractivity contribution >= 4 is 23.2 Å². The van der Waals surface area contributed by atoms with Crippen LogP contribution in [0.4, 0.5) is 17.3 Å². The fraction of sp³-hybridized carbons (Fsp3) is 0.227. The third kappa shape index (κ3) is 4.31. The summed E-state index contributed by atoms with van der Waals surface area (Å²) < 4.78 is 0. The molecular weight excluding hydrogens is 336 g/mol. The van der Waals surface area contributed by atoms with Crippen molar-refractivity contribution in [2.24, 2.45) is 0 Å². The smallest absolute Gasteiger partial charge is 0.274 e. The molecule has 2 N–H and O–H groups in total. The summed E-state index contributed by atoms with van der Waals surface area (Å²) in [5, 5.41) is 6.22. The lowest BCUT2D eigenvalue weighted by Gasteiger charge is -2.13.